The Morgan fingerprint density at radius 3 is 2.60 bits per heavy atom. The first-order valence-electron chi connectivity index (χ1n) is 9.23. The van der Waals surface area contributed by atoms with Gasteiger partial charge in [0.15, 0.2) is 0 Å². The van der Waals surface area contributed by atoms with E-state index in [1.54, 1.807) is 0 Å². The van der Waals surface area contributed by atoms with E-state index < -0.39 is 0 Å². The third kappa shape index (κ3) is 4.93. The van der Waals surface area contributed by atoms with Crippen LogP contribution in [-0.4, -0.2) is 30.1 Å². The third-order valence-corrected chi connectivity index (χ3v) is 4.88. The lowest BCUT2D eigenvalue weighted by Gasteiger charge is -2.26. The highest BCUT2D eigenvalue weighted by atomic mass is 16.5. The molecule has 0 radical (unpaired) electrons. The average Bonchev–Trinajstić information content (AvgIpc) is 3.17. The van der Waals surface area contributed by atoms with E-state index in [0.717, 1.165) is 32.2 Å². The molecule has 25 heavy (non-hydrogen) atoms. The van der Waals surface area contributed by atoms with Crippen LogP contribution in [-0.2, 0) is 22.5 Å². The molecule has 0 aliphatic carbocycles. The molecule has 0 spiro atoms. The summed E-state index contributed by atoms with van der Waals surface area (Å²) >= 11 is 0. The van der Waals surface area contributed by atoms with Crippen LogP contribution in [0.1, 0.15) is 36.0 Å². The number of hydrogen-bond donors (Lipinski definition) is 0. The molecule has 0 aromatic heterocycles. The van der Waals surface area contributed by atoms with E-state index in [4.69, 9.17) is 4.74 Å². The van der Waals surface area contributed by atoms with E-state index in [2.05, 4.69) is 43.3 Å². The molecule has 1 aliphatic rings. The zero-order valence-electron chi connectivity index (χ0n) is 15.0. The van der Waals surface area contributed by atoms with E-state index in [9.17, 15) is 4.79 Å². The molecular formula is C22H27NO2. The van der Waals surface area contributed by atoms with Gasteiger partial charge in [0.1, 0.15) is 6.10 Å². The molecule has 2 aromatic rings. The Morgan fingerprint density at radius 1 is 1.12 bits per heavy atom. The molecule has 1 saturated heterocycles. The first-order chi connectivity index (χ1) is 12.2. The van der Waals surface area contributed by atoms with Crippen molar-refractivity contribution in [3.63, 3.8) is 0 Å². The number of carbonyl (C=O) groups is 1. The highest BCUT2D eigenvalue weighted by Gasteiger charge is 2.28. The van der Waals surface area contributed by atoms with Crippen LogP contribution in [0, 0.1) is 6.92 Å². The number of amides is 1. The van der Waals surface area contributed by atoms with Gasteiger partial charge in [-0.1, -0.05) is 54.6 Å². The molecular weight excluding hydrogens is 310 g/mol. The minimum Gasteiger partial charge on any atom is -0.368 e. The van der Waals surface area contributed by atoms with Gasteiger partial charge in [0.2, 0.25) is 0 Å². The number of benzene rings is 2. The molecule has 2 aromatic carbocycles. The standard InChI is InChI=1S/C22H27NO2/c1-18-9-5-6-13-20(18)17-23(22(24)21-14-8-16-25-21)15-7-12-19-10-3-2-4-11-19/h2-6,9-11,13,21H,7-8,12,14-17H2,1H3/t21-/m1/s1. The van der Waals surface area contributed by atoms with Gasteiger partial charge < -0.3 is 9.64 Å². The zero-order valence-corrected chi connectivity index (χ0v) is 15.0. The lowest BCUT2D eigenvalue weighted by molar-refractivity contribution is -0.141. The van der Waals surface area contributed by atoms with E-state index in [1.807, 2.05) is 23.1 Å². The van der Waals surface area contributed by atoms with Crippen LogP contribution in [0.5, 0.6) is 0 Å². The number of carbonyl (C=O) groups excluding carboxylic acids is 1. The average molecular weight is 337 g/mol. The van der Waals surface area contributed by atoms with Crippen molar-refractivity contribution in [3.8, 4) is 0 Å². The largest absolute Gasteiger partial charge is 0.368 e. The highest BCUT2D eigenvalue weighted by Crippen LogP contribution is 2.18. The number of hydrogen-bond acceptors (Lipinski definition) is 2. The van der Waals surface area contributed by atoms with Crippen molar-refractivity contribution in [3.05, 3.63) is 71.3 Å². The zero-order chi connectivity index (χ0) is 17.5. The Hall–Kier alpha value is -2.13. The molecule has 3 rings (SSSR count). The minimum absolute atomic E-state index is 0.147. The van der Waals surface area contributed by atoms with Gasteiger partial charge >= 0.3 is 0 Å². The van der Waals surface area contributed by atoms with Gasteiger partial charge in [-0.2, -0.15) is 0 Å². The molecule has 0 N–H and O–H groups in total. The van der Waals surface area contributed by atoms with Crippen LogP contribution in [0.15, 0.2) is 54.6 Å². The second-order valence-corrected chi connectivity index (χ2v) is 6.78. The van der Waals surface area contributed by atoms with Crippen molar-refractivity contribution in [2.75, 3.05) is 13.2 Å². The van der Waals surface area contributed by atoms with Gasteiger partial charge in [-0.25, -0.2) is 0 Å². The maximum absolute atomic E-state index is 12.9. The summed E-state index contributed by atoms with van der Waals surface area (Å²) in [6, 6.07) is 18.8. The van der Waals surface area contributed by atoms with E-state index in [-0.39, 0.29) is 12.0 Å². The molecule has 132 valence electrons. The van der Waals surface area contributed by atoms with Gasteiger partial charge in [0.25, 0.3) is 5.91 Å². The summed E-state index contributed by atoms with van der Waals surface area (Å²) in [5.74, 6) is 0.147. The molecule has 0 saturated carbocycles. The molecule has 3 heteroatoms. The number of ether oxygens (including phenoxy) is 1. The number of nitrogens with zero attached hydrogens (tertiary/aromatic N) is 1. The Bertz CT molecular complexity index is 677. The van der Waals surface area contributed by atoms with Crippen LogP contribution in [0.2, 0.25) is 0 Å². The fourth-order valence-corrected chi connectivity index (χ4v) is 3.36. The first kappa shape index (κ1) is 17.7. The van der Waals surface area contributed by atoms with Crippen LogP contribution < -0.4 is 0 Å². The lowest BCUT2D eigenvalue weighted by atomic mass is 10.1. The molecule has 1 amide bonds. The molecule has 1 heterocycles. The lowest BCUT2D eigenvalue weighted by Crippen LogP contribution is -2.39. The van der Waals surface area contributed by atoms with Gasteiger partial charge in [-0.05, 0) is 49.3 Å². The van der Waals surface area contributed by atoms with Gasteiger partial charge in [-0.3, -0.25) is 4.79 Å². The van der Waals surface area contributed by atoms with Crippen molar-refractivity contribution >= 4 is 5.91 Å². The summed E-state index contributed by atoms with van der Waals surface area (Å²) in [5, 5.41) is 0. The Labute approximate surface area is 150 Å². The smallest absolute Gasteiger partial charge is 0.251 e. The van der Waals surface area contributed by atoms with Crippen LogP contribution in [0.4, 0.5) is 0 Å². The molecule has 0 unspecified atom stereocenters. The SMILES string of the molecule is Cc1ccccc1CN(CCCc1ccccc1)C(=O)[C@H]1CCCO1. The maximum Gasteiger partial charge on any atom is 0.251 e. The number of rotatable bonds is 7. The highest BCUT2D eigenvalue weighted by molar-refractivity contribution is 5.81. The van der Waals surface area contributed by atoms with Crippen LogP contribution >= 0.6 is 0 Å². The first-order valence-corrected chi connectivity index (χ1v) is 9.23. The quantitative estimate of drug-likeness (QED) is 0.760. The molecule has 3 nitrogen and oxygen atoms in total. The summed E-state index contributed by atoms with van der Waals surface area (Å²) in [6.07, 6.45) is 3.54. The van der Waals surface area contributed by atoms with Crippen molar-refractivity contribution in [1.82, 2.24) is 4.90 Å². The fourth-order valence-electron chi connectivity index (χ4n) is 3.36. The normalized spacial score (nSPS) is 16.8. The summed E-state index contributed by atoms with van der Waals surface area (Å²) < 4.78 is 5.64. The second-order valence-electron chi connectivity index (χ2n) is 6.78. The van der Waals surface area contributed by atoms with Gasteiger partial charge in [0, 0.05) is 19.7 Å². The predicted octanol–water partition coefficient (Wildman–Crippen LogP) is 4.14. The van der Waals surface area contributed by atoms with Gasteiger partial charge in [-0.15, -0.1) is 0 Å². The van der Waals surface area contributed by atoms with E-state index in [0.29, 0.717) is 13.2 Å². The topological polar surface area (TPSA) is 29.5 Å². The van der Waals surface area contributed by atoms with Crippen molar-refractivity contribution in [1.29, 1.82) is 0 Å². The Morgan fingerprint density at radius 2 is 1.88 bits per heavy atom. The molecule has 1 atom stereocenters. The minimum atomic E-state index is -0.249. The van der Waals surface area contributed by atoms with Crippen molar-refractivity contribution < 1.29 is 9.53 Å². The van der Waals surface area contributed by atoms with Crippen LogP contribution in [0.25, 0.3) is 0 Å². The maximum atomic E-state index is 12.9. The number of aryl methyl sites for hydroxylation is 2. The second kappa shape index (κ2) is 8.82. The predicted molar refractivity (Wildman–Crippen MR) is 100 cm³/mol. The van der Waals surface area contributed by atoms with Crippen molar-refractivity contribution in [2.45, 2.75) is 45.3 Å². The molecule has 1 fully saturated rings. The summed E-state index contributed by atoms with van der Waals surface area (Å²) in [5.41, 5.74) is 3.77. The third-order valence-electron chi connectivity index (χ3n) is 4.88. The Kier molecular flexibility index (Phi) is 6.24. The van der Waals surface area contributed by atoms with E-state index >= 15 is 0 Å². The summed E-state index contributed by atoms with van der Waals surface area (Å²) in [4.78, 5) is 14.9. The fraction of sp³-hybridized carbons (Fsp3) is 0.409. The molecule has 1 aliphatic heterocycles. The molecule has 0 bridgehead atoms. The summed E-state index contributed by atoms with van der Waals surface area (Å²) in [6.45, 7) is 4.24. The summed E-state index contributed by atoms with van der Waals surface area (Å²) in [7, 11) is 0. The van der Waals surface area contributed by atoms with Crippen LogP contribution in [0.3, 0.4) is 0 Å². The van der Waals surface area contributed by atoms with Gasteiger partial charge in [0.05, 0.1) is 0 Å². The van der Waals surface area contributed by atoms with E-state index in [1.165, 1.54) is 16.7 Å². The van der Waals surface area contributed by atoms with Crippen molar-refractivity contribution in [2.24, 2.45) is 0 Å². The Balaban J connectivity index is 1.65. The monoisotopic (exact) mass is 337 g/mol.